The monoisotopic (exact) mass is 369 g/mol. The zero-order valence-electron chi connectivity index (χ0n) is 14.1. The summed E-state index contributed by atoms with van der Waals surface area (Å²) in [6, 6.07) is 15.9. The number of sulfonamides is 1. The molecule has 0 spiro atoms. The number of carbonyl (C=O) groups is 1. The lowest BCUT2D eigenvalue weighted by atomic mass is 10.1. The molecule has 7 heteroatoms. The highest BCUT2D eigenvalue weighted by molar-refractivity contribution is 7.89. The molecule has 0 aliphatic rings. The van der Waals surface area contributed by atoms with Gasteiger partial charge in [0, 0.05) is 18.1 Å². The van der Waals surface area contributed by atoms with Crippen LogP contribution in [-0.4, -0.2) is 25.9 Å². The Morgan fingerprint density at radius 1 is 1.04 bits per heavy atom. The first kappa shape index (κ1) is 18.0. The minimum atomic E-state index is -3.68. The fourth-order valence-electron chi connectivity index (χ4n) is 2.74. The first-order valence-corrected chi connectivity index (χ1v) is 9.69. The zero-order valence-corrected chi connectivity index (χ0v) is 14.9. The van der Waals surface area contributed by atoms with E-state index < -0.39 is 10.0 Å². The second-order valence-electron chi connectivity index (χ2n) is 5.96. The van der Waals surface area contributed by atoms with Crippen molar-refractivity contribution in [2.75, 3.05) is 6.54 Å². The number of fused-ring (bicyclic) bond motifs is 1. The molecule has 1 aromatic heterocycles. The van der Waals surface area contributed by atoms with Crippen molar-refractivity contribution in [3.63, 3.8) is 0 Å². The van der Waals surface area contributed by atoms with E-state index in [9.17, 15) is 13.2 Å². The second kappa shape index (κ2) is 7.63. The Kier molecular flexibility index (Phi) is 5.29. The molecule has 0 atom stereocenters. The maximum absolute atomic E-state index is 12.2. The maximum atomic E-state index is 12.2. The van der Waals surface area contributed by atoms with Gasteiger partial charge in [-0.1, -0.05) is 36.4 Å². The molecule has 0 unspecified atom stereocenters. The molecule has 0 saturated carbocycles. The van der Waals surface area contributed by atoms with Gasteiger partial charge < -0.3 is 5.32 Å². The predicted octanol–water partition coefficient (Wildman–Crippen LogP) is 1.78. The highest BCUT2D eigenvalue weighted by atomic mass is 32.2. The lowest BCUT2D eigenvalue weighted by Crippen LogP contribution is -2.27. The number of amides is 1. The van der Waals surface area contributed by atoms with Gasteiger partial charge in [0.15, 0.2) is 0 Å². The van der Waals surface area contributed by atoms with Crippen molar-refractivity contribution >= 4 is 26.8 Å². The van der Waals surface area contributed by atoms with Gasteiger partial charge in [-0.3, -0.25) is 9.78 Å². The number of benzene rings is 2. The van der Waals surface area contributed by atoms with Crippen LogP contribution in [0.25, 0.3) is 10.9 Å². The van der Waals surface area contributed by atoms with Gasteiger partial charge in [-0.2, -0.15) is 0 Å². The number of hydrogen-bond acceptors (Lipinski definition) is 4. The lowest BCUT2D eigenvalue weighted by Gasteiger charge is -2.08. The number of nitrogens with one attached hydrogen (secondary N) is 1. The van der Waals surface area contributed by atoms with Gasteiger partial charge in [0.2, 0.25) is 15.9 Å². The molecular formula is C19H19N3O3S. The maximum Gasteiger partial charge on any atom is 0.238 e. The van der Waals surface area contributed by atoms with E-state index in [0.29, 0.717) is 13.0 Å². The average molecular weight is 369 g/mol. The molecule has 0 aliphatic carbocycles. The number of nitrogens with two attached hydrogens (primary N) is 1. The van der Waals surface area contributed by atoms with E-state index >= 15 is 0 Å². The van der Waals surface area contributed by atoms with Crippen molar-refractivity contribution in [2.24, 2.45) is 5.14 Å². The molecule has 1 amide bonds. The fraction of sp³-hybridized carbons (Fsp3) is 0.158. The molecule has 0 aliphatic heterocycles. The SMILES string of the molecule is NS(=O)(=O)c1ccc(CCNC(=O)Cc2cccc3cccnc23)cc1. The Bertz CT molecular complexity index is 1030. The minimum Gasteiger partial charge on any atom is -0.355 e. The summed E-state index contributed by atoms with van der Waals surface area (Å²) in [5.74, 6) is -0.0793. The van der Waals surface area contributed by atoms with Crippen molar-refractivity contribution in [3.05, 3.63) is 71.9 Å². The van der Waals surface area contributed by atoms with Gasteiger partial charge in [-0.25, -0.2) is 13.6 Å². The molecule has 1 heterocycles. The summed E-state index contributed by atoms with van der Waals surface area (Å²) in [4.78, 5) is 16.6. The summed E-state index contributed by atoms with van der Waals surface area (Å²) < 4.78 is 22.5. The summed E-state index contributed by atoms with van der Waals surface area (Å²) >= 11 is 0. The molecule has 3 rings (SSSR count). The molecule has 0 radical (unpaired) electrons. The van der Waals surface area contributed by atoms with Crippen LogP contribution in [0.5, 0.6) is 0 Å². The number of pyridine rings is 1. The molecule has 0 saturated heterocycles. The van der Waals surface area contributed by atoms with Gasteiger partial charge in [0.25, 0.3) is 0 Å². The average Bonchev–Trinajstić information content (AvgIpc) is 2.62. The first-order chi connectivity index (χ1) is 12.4. The smallest absolute Gasteiger partial charge is 0.238 e. The largest absolute Gasteiger partial charge is 0.355 e. The molecule has 0 bridgehead atoms. The third-order valence-electron chi connectivity index (χ3n) is 4.06. The number of carbonyl (C=O) groups excluding carboxylic acids is 1. The van der Waals surface area contributed by atoms with Crippen LogP contribution in [-0.2, 0) is 27.7 Å². The van der Waals surface area contributed by atoms with E-state index in [1.807, 2.05) is 30.3 Å². The third-order valence-corrected chi connectivity index (χ3v) is 4.98. The van der Waals surface area contributed by atoms with E-state index in [1.165, 1.54) is 12.1 Å². The third kappa shape index (κ3) is 4.44. The molecule has 26 heavy (non-hydrogen) atoms. The molecule has 3 aromatic rings. The summed E-state index contributed by atoms with van der Waals surface area (Å²) in [5.41, 5.74) is 2.64. The number of hydrogen-bond donors (Lipinski definition) is 2. The molecule has 134 valence electrons. The predicted molar refractivity (Wildman–Crippen MR) is 100.0 cm³/mol. The highest BCUT2D eigenvalue weighted by Crippen LogP contribution is 2.16. The lowest BCUT2D eigenvalue weighted by molar-refractivity contribution is -0.120. The Morgan fingerprint density at radius 3 is 2.50 bits per heavy atom. The Labute approximate surface area is 152 Å². The summed E-state index contributed by atoms with van der Waals surface area (Å²) in [5, 5.41) is 8.96. The van der Waals surface area contributed by atoms with Crippen molar-refractivity contribution in [1.82, 2.24) is 10.3 Å². The van der Waals surface area contributed by atoms with E-state index in [4.69, 9.17) is 5.14 Å². The summed E-state index contributed by atoms with van der Waals surface area (Å²) in [6.45, 7) is 0.464. The van der Waals surface area contributed by atoms with E-state index in [2.05, 4.69) is 10.3 Å². The van der Waals surface area contributed by atoms with Gasteiger partial charge in [-0.05, 0) is 35.7 Å². The molecule has 3 N–H and O–H groups in total. The Hall–Kier alpha value is -2.77. The molecule has 2 aromatic carbocycles. The van der Waals surface area contributed by atoms with Crippen molar-refractivity contribution in [1.29, 1.82) is 0 Å². The summed E-state index contributed by atoms with van der Waals surface area (Å²) in [6.07, 6.45) is 2.58. The normalized spacial score (nSPS) is 11.4. The van der Waals surface area contributed by atoms with Crippen LogP contribution in [0.1, 0.15) is 11.1 Å². The van der Waals surface area contributed by atoms with Gasteiger partial charge in [-0.15, -0.1) is 0 Å². The van der Waals surface area contributed by atoms with Crippen LogP contribution in [0.3, 0.4) is 0 Å². The zero-order chi connectivity index (χ0) is 18.6. The number of nitrogens with zero attached hydrogens (tertiary/aromatic N) is 1. The Balaban J connectivity index is 1.56. The van der Waals surface area contributed by atoms with E-state index in [0.717, 1.165) is 22.0 Å². The van der Waals surface area contributed by atoms with E-state index in [-0.39, 0.29) is 17.2 Å². The Morgan fingerprint density at radius 2 is 1.77 bits per heavy atom. The van der Waals surface area contributed by atoms with E-state index in [1.54, 1.807) is 18.3 Å². The van der Waals surface area contributed by atoms with Crippen LogP contribution in [0, 0.1) is 0 Å². The van der Waals surface area contributed by atoms with Gasteiger partial charge >= 0.3 is 0 Å². The number of primary sulfonamides is 1. The molecule has 6 nitrogen and oxygen atoms in total. The van der Waals surface area contributed by atoms with Crippen molar-refractivity contribution in [3.8, 4) is 0 Å². The molecular weight excluding hydrogens is 350 g/mol. The number of aromatic nitrogens is 1. The second-order valence-corrected chi connectivity index (χ2v) is 7.52. The van der Waals surface area contributed by atoms with Gasteiger partial charge in [0.1, 0.15) is 0 Å². The fourth-order valence-corrected chi connectivity index (χ4v) is 3.25. The van der Waals surface area contributed by atoms with Crippen LogP contribution in [0.4, 0.5) is 0 Å². The first-order valence-electron chi connectivity index (χ1n) is 8.14. The topological polar surface area (TPSA) is 102 Å². The van der Waals surface area contributed by atoms with Crippen molar-refractivity contribution < 1.29 is 13.2 Å². The van der Waals surface area contributed by atoms with Gasteiger partial charge in [0.05, 0.1) is 16.8 Å². The minimum absolute atomic E-state index is 0.0775. The van der Waals surface area contributed by atoms with Crippen LogP contribution in [0.15, 0.2) is 65.7 Å². The van der Waals surface area contributed by atoms with Crippen molar-refractivity contribution in [2.45, 2.75) is 17.7 Å². The van der Waals surface area contributed by atoms with Crippen LogP contribution < -0.4 is 10.5 Å². The van der Waals surface area contributed by atoms with Crippen LogP contribution in [0.2, 0.25) is 0 Å². The van der Waals surface area contributed by atoms with Crippen LogP contribution >= 0.6 is 0 Å². The standard InChI is InChI=1S/C19H19N3O3S/c20-26(24,25)17-8-6-14(7-9-17)10-12-21-18(23)13-16-4-1-3-15-5-2-11-22-19(15)16/h1-9,11H,10,12-13H2,(H,21,23)(H2,20,24,25). The summed E-state index contributed by atoms with van der Waals surface area (Å²) in [7, 11) is -3.68. The quantitative estimate of drug-likeness (QED) is 0.691. The molecule has 0 fully saturated rings. The number of rotatable bonds is 6. The number of para-hydroxylation sites is 1. The highest BCUT2D eigenvalue weighted by Gasteiger charge is 2.09.